The summed E-state index contributed by atoms with van der Waals surface area (Å²) in [5.74, 6) is -2.11. The van der Waals surface area contributed by atoms with E-state index < -0.39 is 22.5 Å². The zero-order valence-corrected chi connectivity index (χ0v) is 9.86. The van der Waals surface area contributed by atoms with Gasteiger partial charge in [-0.15, -0.1) is 0 Å². The lowest BCUT2D eigenvalue weighted by Crippen LogP contribution is -2.35. The summed E-state index contributed by atoms with van der Waals surface area (Å²) >= 11 is 0. The fraction of sp³-hybridized carbons (Fsp3) is 0.400. The van der Waals surface area contributed by atoms with Gasteiger partial charge in [0.1, 0.15) is 0 Å². The average molecular weight is 246 g/mol. The maximum atomic E-state index is 11.6. The number of hydrogen-bond donors (Lipinski definition) is 2. The van der Waals surface area contributed by atoms with Crippen LogP contribution >= 0.6 is 0 Å². The highest BCUT2D eigenvalue weighted by atomic mass is 32.2. The van der Waals surface area contributed by atoms with Gasteiger partial charge in [0.15, 0.2) is 0 Å². The van der Waals surface area contributed by atoms with Crippen molar-refractivity contribution < 1.29 is 22.8 Å². The van der Waals surface area contributed by atoms with Gasteiger partial charge in [-0.05, 0) is 26.0 Å². The molecule has 2 N–H and O–H groups in total. The molecule has 1 aromatic rings. The van der Waals surface area contributed by atoms with Gasteiger partial charge in [-0.25, -0.2) is 4.18 Å². The first-order valence-electron chi connectivity index (χ1n) is 4.62. The van der Waals surface area contributed by atoms with Crippen molar-refractivity contribution in [3.63, 3.8) is 0 Å². The predicted molar refractivity (Wildman–Crippen MR) is 57.2 cm³/mol. The highest BCUT2D eigenvalue weighted by molar-refractivity contribution is 7.86. The first-order chi connectivity index (χ1) is 7.27. The van der Waals surface area contributed by atoms with Crippen LogP contribution in [-0.4, -0.2) is 31.0 Å². The van der Waals surface area contributed by atoms with Gasteiger partial charge < -0.3 is 10.2 Å². The number of benzene rings is 1. The van der Waals surface area contributed by atoms with E-state index in [4.69, 9.17) is 5.11 Å². The highest BCUT2D eigenvalue weighted by Crippen LogP contribution is 2.18. The standard InChI is InChI=1S/C10H14O5S/c1-8-3-5-9(6-4-8)16(13,14)15-10(2,12)7-11/h3-6,11-12H,7H2,1-2H3/t10-/m1/s1. The molecule has 0 aromatic heterocycles. The maximum absolute atomic E-state index is 11.6. The van der Waals surface area contributed by atoms with E-state index in [1.807, 2.05) is 6.92 Å². The molecule has 90 valence electrons. The zero-order chi connectivity index (χ0) is 12.4. The van der Waals surface area contributed by atoms with Crippen LogP contribution in [0.5, 0.6) is 0 Å². The Labute approximate surface area is 94.4 Å². The van der Waals surface area contributed by atoms with Gasteiger partial charge in [-0.2, -0.15) is 8.42 Å². The van der Waals surface area contributed by atoms with Crippen LogP contribution in [0.1, 0.15) is 12.5 Å². The van der Waals surface area contributed by atoms with Crippen LogP contribution in [0.4, 0.5) is 0 Å². The lowest BCUT2D eigenvalue weighted by atomic mass is 10.2. The summed E-state index contributed by atoms with van der Waals surface area (Å²) in [5.41, 5.74) is 0.910. The second kappa shape index (κ2) is 4.50. The molecule has 6 heteroatoms. The minimum Gasteiger partial charge on any atom is -0.391 e. The molecule has 16 heavy (non-hydrogen) atoms. The summed E-state index contributed by atoms with van der Waals surface area (Å²) in [5, 5.41) is 18.0. The van der Waals surface area contributed by atoms with Gasteiger partial charge in [-0.3, -0.25) is 0 Å². The Bertz CT molecular complexity index is 447. The molecule has 0 aliphatic carbocycles. The Morgan fingerprint density at radius 2 is 1.81 bits per heavy atom. The molecule has 0 aliphatic rings. The number of aryl methyl sites for hydroxylation is 1. The molecule has 0 aliphatic heterocycles. The Hall–Kier alpha value is -0.950. The van der Waals surface area contributed by atoms with Crippen molar-refractivity contribution in [1.29, 1.82) is 0 Å². The summed E-state index contributed by atoms with van der Waals surface area (Å²) in [6.07, 6.45) is 0. The molecule has 1 rings (SSSR count). The molecule has 0 saturated heterocycles. The van der Waals surface area contributed by atoms with E-state index >= 15 is 0 Å². The van der Waals surface area contributed by atoms with Crippen molar-refractivity contribution in [3.05, 3.63) is 29.8 Å². The third-order valence-corrected chi connectivity index (χ3v) is 3.32. The molecule has 0 spiro atoms. The van der Waals surface area contributed by atoms with E-state index in [2.05, 4.69) is 4.18 Å². The van der Waals surface area contributed by atoms with Crippen LogP contribution in [0, 0.1) is 6.92 Å². The molecule has 1 aromatic carbocycles. The summed E-state index contributed by atoms with van der Waals surface area (Å²) in [6, 6.07) is 5.98. The van der Waals surface area contributed by atoms with Crippen molar-refractivity contribution in [1.82, 2.24) is 0 Å². The summed E-state index contributed by atoms with van der Waals surface area (Å²) in [7, 11) is -4.06. The smallest absolute Gasteiger partial charge is 0.299 e. The normalized spacial score (nSPS) is 15.8. The number of aliphatic hydroxyl groups is 2. The van der Waals surface area contributed by atoms with Crippen molar-refractivity contribution in [2.45, 2.75) is 24.5 Å². The minimum atomic E-state index is -4.06. The lowest BCUT2D eigenvalue weighted by Gasteiger charge is -2.20. The molecule has 0 radical (unpaired) electrons. The quantitative estimate of drug-likeness (QED) is 0.593. The molecule has 0 unspecified atom stereocenters. The van der Waals surface area contributed by atoms with Gasteiger partial charge in [0.25, 0.3) is 10.1 Å². The summed E-state index contributed by atoms with van der Waals surface area (Å²) < 4.78 is 27.7. The van der Waals surface area contributed by atoms with E-state index in [1.165, 1.54) is 12.1 Å². The highest BCUT2D eigenvalue weighted by Gasteiger charge is 2.29. The van der Waals surface area contributed by atoms with Gasteiger partial charge in [-0.1, -0.05) is 17.7 Å². The summed E-state index contributed by atoms with van der Waals surface area (Å²) in [6.45, 7) is 2.08. The second-order valence-electron chi connectivity index (χ2n) is 3.68. The molecule has 5 nitrogen and oxygen atoms in total. The predicted octanol–water partition coefficient (Wildman–Crippen LogP) is 0.401. The first-order valence-corrected chi connectivity index (χ1v) is 6.03. The number of aliphatic hydroxyl groups excluding tert-OH is 1. The monoisotopic (exact) mass is 246 g/mol. The van der Waals surface area contributed by atoms with Crippen LogP contribution in [0.2, 0.25) is 0 Å². The molecule has 0 fully saturated rings. The molecule has 1 atom stereocenters. The molecule has 0 saturated carbocycles. The first kappa shape index (κ1) is 13.1. The number of rotatable bonds is 4. The van der Waals surface area contributed by atoms with Gasteiger partial charge >= 0.3 is 0 Å². The van der Waals surface area contributed by atoms with Crippen molar-refractivity contribution in [2.75, 3.05) is 6.61 Å². The van der Waals surface area contributed by atoms with Crippen LogP contribution in [-0.2, 0) is 14.3 Å². The molecule has 0 amide bonds. The van der Waals surface area contributed by atoms with Crippen molar-refractivity contribution in [3.8, 4) is 0 Å². The van der Waals surface area contributed by atoms with Crippen LogP contribution < -0.4 is 0 Å². The Balaban J connectivity index is 2.99. The zero-order valence-electron chi connectivity index (χ0n) is 9.04. The van der Waals surface area contributed by atoms with E-state index in [9.17, 15) is 13.5 Å². The van der Waals surface area contributed by atoms with Crippen molar-refractivity contribution in [2.24, 2.45) is 0 Å². The second-order valence-corrected chi connectivity index (χ2v) is 5.23. The van der Waals surface area contributed by atoms with E-state index in [0.717, 1.165) is 12.5 Å². The molecular weight excluding hydrogens is 232 g/mol. The Morgan fingerprint density at radius 3 is 2.25 bits per heavy atom. The SMILES string of the molecule is Cc1ccc(S(=O)(=O)O[C@@](C)(O)CO)cc1. The fourth-order valence-electron chi connectivity index (χ4n) is 1.02. The Kier molecular flexibility index (Phi) is 3.69. The molecule has 0 bridgehead atoms. The lowest BCUT2D eigenvalue weighted by molar-refractivity contribution is -0.146. The van der Waals surface area contributed by atoms with Crippen LogP contribution in [0.15, 0.2) is 29.2 Å². The minimum absolute atomic E-state index is 0.0631. The molecule has 0 heterocycles. The van der Waals surface area contributed by atoms with Crippen LogP contribution in [0.3, 0.4) is 0 Å². The largest absolute Gasteiger partial charge is 0.391 e. The Morgan fingerprint density at radius 1 is 1.31 bits per heavy atom. The van der Waals surface area contributed by atoms with E-state index in [0.29, 0.717) is 0 Å². The summed E-state index contributed by atoms with van der Waals surface area (Å²) in [4.78, 5) is -0.0631. The third-order valence-electron chi connectivity index (χ3n) is 1.89. The topological polar surface area (TPSA) is 83.8 Å². The van der Waals surface area contributed by atoms with Gasteiger partial charge in [0.05, 0.1) is 11.5 Å². The number of hydrogen-bond acceptors (Lipinski definition) is 5. The van der Waals surface area contributed by atoms with Crippen LogP contribution in [0.25, 0.3) is 0 Å². The third kappa shape index (κ3) is 3.28. The van der Waals surface area contributed by atoms with Gasteiger partial charge in [0, 0.05) is 0 Å². The fourth-order valence-corrected chi connectivity index (χ4v) is 2.11. The van der Waals surface area contributed by atoms with E-state index in [1.54, 1.807) is 12.1 Å². The molecular formula is C10H14O5S. The maximum Gasteiger partial charge on any atom is 0.299 e. The van der Waals surface area contributed by atoms with Gasteiger partial charge in [0.2, 0.25) is 5.79 Å². The average Bonchev–Trinajstić information content (AvgIpc) is 2.17. The van der Waals surface area contributed by atoms with Crippen molar-refractivity contribution >= 4 is 10.1 Å². The van der Waals surface area contributed by atoms with E-state index in [-0.39, 0.29) is 4.90 Å².